The quantitative estimate of drug-likeness (QED) is 0.836. The van der Waals surface area contributed by atoms with Gasteiger partial charge in [-0.25, -0.2) is 4.79 Å². The van der Waals surface area contributed by atoms with Crippen LogP contribution < -0.4 is 10.1 Å². The molecule has 0 aliphatic carbocycles. The van der Waals surface area contributed by atoms with Crippen molar-refractivity contribution in [1.82, 2.24) is 10.2 Å². The highest BCUT2D eigenvalue weighted by Gasteiger charge is 2.34. The summed E-state index contributed by atoms with van der Waals surface area (Å²) in [6.45, 7) is 5.70. The molecule has 1 heterocycles. The number of nitrogens with zero attached hydrogens (tertiary/aromatic N) is 1. The Balaban J connectivity index is 1.79. The van der Waals surface area contributed by atoms with Gasteiger partial charge in [0.2, 0.25) is 0 Å². The van der Waals surface area contributed by atoms with Crippen LogP contribution in [0.1, 0.15) is 39.2 Å². The fourth-order valence-electron chi connectivity index (χ4n) is 2.77. The van der Waals surface area contributed by atoms with Gasteiger partial charge in [0.15, 0.2) is 6.61 Å². The summed E-state index contributed by atoms with van der Waals surface area (Å²) < 4.78 is 49.2. The van der Waals surface area contributed by atoms with E-state index in [1.165, 1.54) is 18.2 Å². The predicted octanol–water partition coefficient (Wildman–Crippen LogP) is 3.60. The lowest BCUT2D eigenvalue weighted by Crippen LogP contribution is -2.48. The summed E-state index contributed by atoms with van der Waals surface area (Å²) >= 11 is 0. The largest absolute Gasteiger partial charge is 0.483 e. The highest BCUT2D eigenvalue weighted by molar-refractivity contribution is 5.78. The Morgan fingerprint density at radius 1 is 1.14 bits per heavy atom. The molecule has 1 aromatic carbocycles. The molecule has 156 valence electrons. The number of para-hydroxylation sites is 1. The smallest absolute Gasteiger partial charge is 0.419 e. The van der Waals surface area contributed by atoms with Gasteiger partial charge < -0.3 is 19.7 Å². The molecule has 1 saturated heterocycles. The molecule has 28 heavy (non-hydrogen) atoms. The first-order valence-corrected chi connectivity index (χ1v) is 9.02. The summed E-state index contributed by atoms with van der Waals surface area (Å²) in [5, 5.41) is 2.73. The topological polar surface area (TPSA) is 67.9 Å². The predicted molar refractivity (Wildman–Crippen MR) is 95.9 cm³/mol. The van der Waals surface area contributed by atoms with E-state index in [1.807, 2.05) is 0 Å². The van der Waals surface area contributed by atoms with Crippen LogP contribution in [0.4, 0.5) is 18.0 Å². The first kappa shape index (κ1) is 21.8. The lowest BCUT2D eigenvalue weighted by molar-refractivity contribution is -0.139. The van der Waals surface area contributed by atoms with E-state index >= 15 is 0 Å². The van der Waals surface area contributed by atoms with Gasteiger partial charge in [-0.15, -0.1) is 0 Å². The Hall–Kier alpha value is -2.45. The molecule has 6 nitrogen and oxygen atoms in total. The van der Waals surface area contributed by atoms with Crippen molar-refractivity contribution in [3.8, 4) is 5.75 Å². The zero-order chi connectivity index (χ0) is 20.9. The average Bonchev–Trinajstić information content (AvgIpc) is 2.58. The Bertz CT molecular complexity index is 693. The minimum Gasteiger partial charge on any atom is -0.483 e. The van der Waals surface area contributed by atoms with E-state index < -0.39 is 35.9 Å². The van der Waals surface area contributed by atoms with Gasteiger partial charge in [-0.05, 0) is 45.7 Å². The van der Waals surface area contributed by atoms with E-state index in [4.69, 9.17) is 9.47 Å². The van der Waals surface area contributed by atoms with E-state index in [0.29, 0.717) is 25.9 Å². The summed E-state index contributed by atoms with van der Waals surface area (Å²) in [5.74, 6) is -0.891. The number of carbonyl (C=O) groups excluding carboxylic acids is 2. The van der Waals surface area contributed by atoms with Crippen molar-refractivity contribution >= 4 is 12.0 Å². The van der Waals surface area contributed by atoms with Gasteiger partial charge in [-0.1, -0.05) is 12.1 Å². The number of likely N-dealkylation sites (tertiary alicyclic amines) is 1. The van der Waals surface area contributed by atoms with Gasteiger partial charge in [0.25, 0.3) is 5.91 Å². The Kier molecular flexibility index (Phi) is 6.79. The summed E-state index contributed by atoms with van der Waals surface area (Å²) in [6, 6.07) is 4.57. The van der Waals surface area contributed by atoms with Gasteiger partial charge in [0.05, 0.1) is 5.56 Å². The molecule has 0 spiro atoms. The van der Waals surface area contributed by atoms with Crippen molar-refractivity contribution in [1.29, 1.82) is 0 Å². The van der Waals surface area contributed by atoms with Gasteiger partial charge in [0.1, 0.15) is 11.4 Å². The lowest BCUT2D eigenvalue weighted by Gasteiger charge is -2.33. The summed E-state index contributed by atoms with van der Waals surface area (Å²) in [7, 11) is 0. The van der Waals surface area contributed by atoms with Gasteiger partial charge in [0, 0.05) is 19.1 Å². The van der Waals surface area contributed by atoms with Gasteiger partial charge in [-0.2, -0.15) is 13.2 Å². The normalized spacial score (nSPS) is 15.9. The van der Waals surface area contributed by atoms with Crippen molar-refractivity contribution in [2.45, 2.75) is 51.4 Å². The molecular weight excluding hydrogens is 377 g/mol. The van der Waals surface area contributed by atoms with Crippen molar-refractivity contribution < 1.29 is 32.2 Å². The second-order valence-corrected chi connectivity index (χ2v) is 7.59. The van der Waals surface area contributed by atoms with Crippen LogP contribution in [0.15, 0.2) is 24.3 Å². The third-order valence-corrected chi connectivity index (χ3v) is 4.06. The molecule has 0 aromatic heterocycles. The summed E-state index contributed by atoms with van der Waals surface area (Å²) in [5.41, 5.74) is -1.50. The maximum absolute atomic E-state index is 12.9. The van der Waals surface area contributed by atoms with E-state index in [9.17, 15) is 22.8 Å². The second-order valence-electron chi connectivity index (χ2n) is 7.59. The Labute approximate surface area is 162 Å². The number of piperidine rings is 1. The number of amides is 2. The van der Waals surface area contributed by atoms with Crippen LogP contribution >= 0.6 is 0 Å². The number of rotatable bonds is 4. The maximum atomic E-state index is 12.9. The maximum Gasteiger partial charge on any atom is 0.419 e. The molecule has 1 aromatic rings. The first-order chi connectivity index (χ1) is 13.0. The van der Waals surface area contributed by atoms with Gasteiger partial charge in [-0.3, -0.25) is 4.79 Å². The fourth-order valence-corrected chi connectivity index (χ4v) is 2.77. The van der Waals surface area contributed by atoms with E-state index in [1.54, 1.807) is 25.7 Å². The number of carbonyl (C=O) groups is 2. The molecule has 0 unspecified atom stereocenters. The van der Waals surface area contributed by atoms with E-state index in [-0.39, 0.29) is 11.8 Å². The van der Waals surface area contributed by atoms with Crippen molar-refractivity contribution in [2.24, 2.45) is 0 Å². The minimum atomic E-state index is -4.55. The number of nitrogens with one attached hydrogen (secondary N) is 1. The average molecular weight is 402 g/mol. The monoisotopic (exact) mass is 402 g/mol. The number of alkyl halides is 3. The molecule has 2 rings (SSSR count). The van der Waals surface area contributed by atoms with E-state index in [0.717, 1.165) is 6.07 Å². The third kappa shape index (κ3) is 6.61. The molecular formula is C19H25F3N2O4. The highest BCUT2D eigenvalue weighted by atomic mass is 19.4. The second kappa shape index (κ2) is 8.70. The van der Waals surface area contributed by atoms with E-state index in [2.05, 4.69) is 5.32 Å². The molecule has 9 heteroatoms. The molecule has 0 atom stereocenters. The third-order valence-electron chi connectivity index (χ3n) is 4.06. The first-order valence-electron chi connectivity index (χ1n) is 9.02. The van der Waals surface area contributed by atoms with Crippen LogP contribution in [-0.4, -0.2) is 48.2 Å². The molecule has 1 aliphatic rings. The number of benzene rings is 1. The molecule has 1 fully saturated rings. The SMILES string of the molecule is CC(C)(C)OC(=O)N1CCC(NC(=O)COc2ccccc2C(F)(F)F)CC1. The zero-order valence-corrected chi connectivity index (χ0v) is 16.1. The molecule has 1 N–H and O–H groups in total. The van der Waals surface area contributed by atoms with Crippen molar-refractivity contribution in [3.05, 3.63) is 29.8 Å². The van der Waals surface area contributed by atoms with Crippen LogP contribution in [0.5, 0.6) is 5.75 Å². The van der Waals surface area contributed by atoms with Crippen molar-refractivity contribution in [2.75, 3.05) is 19.7 Å². The molecule has 0 saturated carbocycles. The number of ether oxygens (including phenoxy) is 2. The number of halogens is 3. The van der Waals surface area contributed by atoms with Crippen LogP contribution in [0.2, 0.25) is 0 Å². The summed E-state index contributed by atoms with van der Waals surface area (Å²) in [4.78, 5) is 25.6. The molecule has 2 amide bonds. The number of hydrogen-bond donors (Lipinski definition) is 1. The Morgan fingerprint density at radius 2 is 1.75 bits per heavy atom. The van der Waals surface area contributed by atoms with Crippen LogP contribution in [-0.2, 0) is 15.7 Å². The molecule has 0 radical (unpaired) electrons. The van der Waals surface area contributed by atoms with Crippen molar-refractivity contribution in [3.63, 3.8) is 0 Å². The highest BCUT2D eigenvalue weighted by Crippen LogP contribution is 2.35. The number of hydrogen-bond acceptors (Lipinski definition) is 4. The lowest BCUT2D eigenvalue weighted by atomic mass is 10.1. The molecule has 0 bridgehead atoms. The van der Waals surface area contributed by atoms with Crippen LogP contribution in [0, 0.1) is 0 Å². The molecule has 1 aliphatic heterocycles. The standard InChI is InChI=1S/C19H25F3N2O4/c1-18(2,3)28-17(26)24-10-8-13(9-11-24)23-16(25)12-27-15-7-5-4-6-14(15)19(20,21)22/h4-7,13H,8-12H2,1-3H3,(H,23,25). The summed E-state index contributed by atoms with van der Waals surface area (Å²) in [6.07, 6.45) is -3.89. The van der Waals surface area contributed by atoms with Crippen LogP contribution in [0.3, 0.4) is 0 Å². The van der Waals surface area contributed by atoms with Gasteiger partial charge >= 0.3 is 12.3 Å². The minimum absolute atomic E-state index is 0.173. The fraction of sp³-hybridized carbons (Fsp3) is 0.579. The van der Waals surface area contributed by atoms with Crippen LogP contribution in [0.25, 0.3) is 0 Å². The Morgan fingerprint density at radius 3 is 2.32 bits per heavy atom. The zero-order valence-electron chi connectivity index (χ0n) is 16.1.